The van der Waals surface area contributed by atoms with Crippen molar-refractivity contribution in [3.05, 3.63) is 71.9 Å². The van der Waals surface area contributed by atoms with Crippen LogP contribution in [0.1, 0.15) is 35.7 Å². The van der Waals surface area contributed by atoms with Gasteiger partial charge in [0, 0.05) is 46.8 Å². The van der Waals surface area contributed by atoms with Crippen LogP contribution in [0, 0.1) is 0 Å². The predicted octanol–water partition coefficient (Wildman–Crippen LogP) is 4.65. The summed E-state index contributed by atoms with van der Waals surface area (Å²) in [7, 11) is 1.16. The number of H-pyrrole nitrogens is 2. The van der Waals surface area contributed by atoms with Gasteiger partial charge in [-0.3, -0.25) is 14.4 Å². The zero-order chi connectivity index (χ0) is 30.1. The van der Waals surface area contributed by atoms with Gasteiger partial charge in [-0.2, -0.15) is 0 Å². The van der Waals surface area contributed by atoms with Gasteiger partial charge in [-0.05, 0) is 59.9 Å². The number of methoxy groups -OCH3 is 1. The Labute approximate surface area is 250 Å². The molecule has 12 heteroatoms. The van der Waals surface area contributed by atoms with Gasteiger partial charge in [0.1, 0.15) is 11.1 Å². The molecule has 10 nitrogen and oxygen atoms in total. The lowest BCUT2D eigenvalue weighted by molar-refractivity contribution is -0.111. The second kappa shape index (κ2) is 12.0. The number of aromatic nitrogens is 4. The van der Waals surface area contributed by atoms with E-state index < -0.39 is 6.09 Å². The number of alkyl carbamates (subject to hydrolysis) is 1. The number of carbonyl (C=O) groups is 4. The van der Waals surface area contributed by atoms with Crippen molar-refractivity contribution in [2.75, 3.05) is 13.7 Å². The Kier molecular flexibility index (Phi) is 7.98. The molecule has 0 bridgehead atoms. The molecule has 0 fully saturated rings. The molecule has 0 saturated heterocycles. The average Bonchev–Trinajstić information content (AvgIpc) is 3.70. The van der Waals surface area contributed by atoms with Crippen molar-refractivity contribution in [1.29, 1.82) is 0 Å². The van der Waals surface area contributed by atoms with E-state index in [0.717, 1.165) is 44.5 Å². The van der Waals surface area contributed by atoms with Gasteiger partial charge >= 0.3 is 6.09 Å². The van der Waals surface area contributed by atoms with E-state index in [4.69, 9.17) is 0 Å². The zero-order valence-electron chi connectivity index (χ0n) is 23.3. The molecule has 0 saturated carbocycles. The number of carbonyl (C=O) groups excluding carboxylic acids is 4. The number of hydrogen-bond acceptors (Lipinski definition) is 7. The van der Waals surface area contributed by atoms with Crippen LogP contribution in [0.4, 0.5) is 4.79 Å². The molecule has 216 valence electrons. The summed E-state index contributed by atoms with van der Waals surface area (Å²) < 4.78 is 4.52. The summed E-state index contributed by atoms with van der Waals surface area (Å²) in [4.78, 5) is 63.9. The molecule has 1 amide bonds. The number of ketones is 1. The van der Waals surface area contributed by atoms with Crippen molar-refractivity contribution in [1.82, 2.24) is 25.3 Å². The van der Waals surface area contributed by atoms with Crippen molar-refractivity contribution in [3.8, 4) is 33.5 Å². The Hall–Kier alpha value is -4.52. The van der Waals surface area contributed by atoms with Crippen molar-refractivity contribution >= 4 is 62.3 Å². The van der Waals surface area contributed by atoms with Gasteiger partial charge in [0.05, 0.1) is 30.0 Å². The summed E-state index contributed by atoms with van der Waals surface area (Å²) in [6.45, 7) is 1.90. The number of benzene rings is 3. The summed E-state index contributed by atoms with van der Waals surface area (Å²) in [6.07, 6.45) is 2.04. The molecule has 2 aromatic heterocycles. The van der Waals surface area contributed by atoms with Crippen molar-refractivity contribution < 1.29 is 23.9 Å². The minimum atomic E-state index is -0.513. The van der Waals surface area contributed by atoms with Crippen LogP contribution in [0.2, 0.25) is 0 Å². The van der Waals surface area contributed by atoms with Crippen molar-refractivity contribution in [2.45, 2.75) is 19.8 Å². The van der Waals surface area contributed by atoms with E-state index in [1.165, 1.54) is 14.0 Å². The Morgan fingerprint density at radius 3 is 2.30 bits per heavy atom. The van der Waals surface area contributed by atoms with Gasteiger partial charge in [-0.15, -0.1) is 0 Å². The topological polar surface area (TPSA) is 147 Å². The van der Waals surface area contributed by atoms with Gasteiger partial charge in [0.15, 0.2) is 16.8 Å². The van der Waals surface area contributed by atoms with E-state index >= 15 is 0 Å². The second-order valence-electron chi connectivity index (χ2n) is 10.1. The number of fused-ring (bicyclic) bond motifs is 4. The van der Waals surface area contributed by atoms with Gasteiger partial charge in [-0.1, -0.05) is 30.3 Å². The predicted molar refractivity (Wildman–Crippen MR) is 169 cm³/mol. The summed E-state index contributed by atoms with van der Waals surface area (Å²) in [5.41, 5.74) is 9.40. The molecule has 6 rings (SSSR count). The summed E-state index contributed by atoms with van der Waals surface area (Å²) in [5, 5.41) is 2.57. The molecule has 1 aliphatic rings. The monoisotopic (exact) mass is 611 g/mol. The van der Waals surface area contributed by atoms with Crippen molar-refractivity contribution in [3.63, 3.8) is 0 Å². The van der Waals surface area contributed by atoms with Crippen LogP contribution in [0.5, 0.6) is 0 Å². The van der Waals surface area contributed by atoms with Gasteiger partial charge in [0.25, 0.3) is 0 Å². The first-order valence-electron chi connectivity index (χ1n) is 13.6. The van der Waals surface area contributed by atoms with Crippen LogP contribution in [-0.4, -0.2) is 56.5 Å². The van der Waals surface area contributed by atoms with E-state index in [9.17, 15) is 19.2 Å². The molecule has 0 spiro atoms. The number of nitrogens with one attached hydrogen (secondary N) is 3. The van der Waals surface area contributed by atoms with Crippen molar-refractivity contribution in [2.24, 2.45) is 0 Å². The van der Waals surface area contributed by atoms with Gasteiger partial charge in [0.2, 0.25) is 0 Å². The third-order valence-corrected chi connectivity index (χ3v) is 8.95. The first kappa shape index (κ1) is 28.6. The Morgan fingerprint density at radius 1 is 0.860 bits per heavy atom. The lowest BCUT2D eigenvalue weighted by Gasteiger charge is -2.05. The molecule has 0 aliphatic heterocycles. The number of nitrogens with zero attached hydrogens (tertiary/aromatic N) is 2. The number of rotatable bonds is 10. The SMILES string of the molecule is COC(=O)NCCCC(=O)Pc1nc2ccc(-c3ccc4c(c3)C(=O)c3cc(-c5cnc(PC(C)=O)[nH]5)ccc3-4)cc2[nH]1. The van der Waals surface area contributed by atoms with E-state index in [2.05, 4.69) is 30.0 Å². The maximum absolute atomic E-state index is 13.5. The van der Waals surface area contributed by atoms with Gasteiger partial charge in [-0.25, -0.2) is 14.8 Å². The maximum Gasteiger partial charge on any atom is 0.406 e. The van der Waals surface area contributed by atoms with Crippen LogP contribution in [0.15, 0.2) is 60.8 Å². The molecule has 2 heterocycles. The Balaban J connectivity index is 1.18. The van der Waals surface area contributed by atoms with E-state index in [1.807, 2.05) is 54.6 Å². The number of hydrogen-bond donors (Lipinski definition) is 3. The normalized spacial score (nSPS) is 12.4. The molecule has 3 N–H and O–H groups in total. The van der Waals surface area contributed by atoms with E-state index in [1.54, 1.807) is 6.20 Å². The Morgan fingerprint density at radius 2 is 1.56 bits per heavy atom. The van der Waals surface area contributed by atoms with E-state index in [0.29, 0.717) is 41.6 Å². The highest BCUT2D eigenvalue weighted by Gasteiger charge is 2.27. The molecule has 0 radical (unpaired) electrons. The van der Waals surface area contributed by atoms with Gasteiger partial charge < -0.3 is 20.0 Å². The minimum Gasteiger partial charge on any atom is -0.453 e. The molecular weight excluding hydrogens is 584 g/mol. The summed E-state index contributed by atoms with van der Waals surface area (Å²) in [6, 6.07) is 17.5. The summed E-state index contributed by atoms with van der Waals surface area (Å²) in [5.74, 6) is -0.0366. The number of aromatic amines is 2. The summed E-state index contributed by atoms with van der Waals surface area (Å²) >= 11 is 0. The molecule has 5 aromatic rings. The molecule has 2 unspecified atom stereocenters. The lowest BCUT2D eigenvalue weighted by Crippen LogP contribution is -2.24. The van der Waals surface area contributed by atoms with Crippen LogP contribution >= 0.6 is 17.2 Å². The number of amides is 1. The highest BCUT2D eigenvalue weighted by molar-refractivity contribution is 7.65. The number of imidazole rings is 2. The van der Waals surface area contributed by atoms with E-state index in [-0.39, 0.29) is 34.0 Å². The minimum absolute atomic E-state index is 0.0287. The number of ether oxygens (including phenoxy) is 1. The molecule has 3 aromatic carbocycles. The third kappa shape index (κ3) is 6.03. The van der Waals surface area contributed by atoms with Crippen LogP contribution in [-0.2, 0) is 14.3 Å². The largest absolute Gasteiger partial charge is 0.453 e. The first-order valence-corrected chi connectivity index (χ1v) is 15.6. The van der Waals surface area contributed by atoms with Crippen LogP contribution in [0.3, 0.4) is 0 Å². The highest BCUT2D eigenvalue weighted by atomic mass is 31.1. The molecule has 1 aliphatic carbocycles. The molecular formula is C31H27N5O5P2. The second-order valence-corrected chi connectivity index (χ2v) is 12.8. The fourth-order valence-electron chi connectivity index (χ4n) is 5.08. The Bertz CT molecular complexity index is 1930. The molecule has 2 atom stereocenters. The average molecular weight is 612 g/mol. The fraction of sp³-hybridized carbons (Fsp3) is 0.161. The smallest absolute Gasteiger partial charge is 0.406 e. The highest BCUT2D eigenvalue weighted by Crippen LogP contribution is 2.40. The van der Waals surface area contributed by atoms with Crippen LogP contribution in [0.25, 0.3) is 44.5 Å². The molecule has 43 heavy (non-hydrogen) atoms. The fourth-order valence-corrected chi connectivity index (χ4v) is 6.68. The lowest BCUT2D eigenvalue weighted by atomic mass is 9.98. The van der Waals surface area contributed by atoms with Crippen LogP contribution < -0.4 is 16.4 Å². The third-order valence-electron chi connectivity index (χ3n) is 7.11. The standard InChI is InChI=1S/C31H27N5O5P2/c1-16(37)42-29-33-15-26(36-29)19-6-9-21-20-8-5-17(12-22(20)28(39)23(21)13-19)18-7-10-24-25(14-18)35-30(34-24)43-27(38)4-3-11-32-31(40)41-2/h5-10,12-15,42-43H,3-4,11H2,1-2H3,(H,32,40)(H,33,36)(H,34,35). The first-order chi connectivity index (χ1) is 20.8. The quantitative estimate of drug-likeness (QED) is 0.151. The zero-order valence-corrected chi connectivity index (χ0v) is 25.3. The maximum atomic E-state index is 13.5.